The lowest BCUT2D eigenvalue weighted by Crippen LogP contribution is -2.23. The van der Waals surface area contributed by atoms with Crippen LogP contribution in [-0.2, 0) is 16.6 Å². The van der Waals surface area contributed by atoms with Gasteiger partial charge in [-0.25, -0.2) is 12.8 Å². The number of rotatable bonds is 7. The molecule has 0 saturated carbocycles. The summed E-state index contributed by atoms with van der Waals surface area (Å²) in [5.41, 5.74) is 1.51. The van der Waals surface area contributed by atoms with Crippen molar-refractivity contribution in [2.75, 3.05) is 11.8 Å². The van der Waals surface area contributed by atoms with E-state index in [4.69, 9.17) is 16.3 Å². The smallest absolute Gasteiger partial charge is 0.263 e. The van der Waals surface area contributed by atoms with Gasteiger partial charge in [-0.1, -0.05) is 23.7 Å². The van der Waals surface area contributed by atoms with Crippen LogP contribution in [0.3, 0.4) is 0 Å². The van der Waals surface area contributed by atoms with Crippen molar-refractivity contribution in [2.24, 2.45) is 0 Å². The van der Waals surface area contributed by atoms with Crippen LogP contribution < -0.4 is 14.8 Å². The molecule has 0 heterocycles. The number of carbonyl (C=O) groups is 1. The molecule has 0 spiro atoms. The summed E-state index contributed by atoms with van der Waals surface area (Å²) >= 11 is 6.09. The minimum atomic E-state index is -4.05. The van der Waals surface area contributed by atoms with Crippen molar-refractivity contribution in [3.8, 4) is 5.75 Å². The van der Waals surface area contributed by atoms with E-state index in [1.807, 2.05) is 0 Å². The first-order valence-corrected chi connectivity index (χ1v) is 11.1. The molecule has 0 aliphatic rings. The molecule has 162 valence electrons. The van der Waals surface area contributed by atoms with E-state index in [9.17, 15) is 17.6 Å². The highest BCUT2D eigenvalue weighted by Gasteiger charge is 2.20. The highest BCUT2D eigenvalue weighted by Crippen LogP contribution is 2.26. The first kappa shape index (κ1) is 22.6. The van der Waals surface area contributed by atoms with E-state index in [0.717, 1.165) is 0 Å². The molecule has 6 nitrogen and oxygen atoms in total. The van der Waals surface area contributed by atoms with Crippen LogP contribution in [0.2, 0.25) is 5.02 Å². The predicted octanol–water partition coefficient (Wildman–Crippen LogP) is 4.53. The van der Waals surface area contributed by atoms with E-state index in [1.54, 1.807) is 43.3 Å². The molecule has 0 aliphatic carbocycles. The summed E-state index contributed by atoms with van der Waals surface area (Å²) < 4.78 is 46.7. The number of hydrogen-bond donors (Lipinski definition) is 2. The van der Waals surface area contributed by atoms with Gasteiger partial charge in [0.25, 0.3) is 15.9 Å². The van der Waals surface area contributed by atoms with Crippen molar-refractivity contribution >= 4 is 33.2 Å². The Kier molecular flexibility index (Phi) is 6.82. The number of amides is 1. The molecular formula is C22H20ClFN2O4S. The predicted molar refractivity (Wildman–Crippen MR) is 118 cm³/mol. The number of anilines is 1. The molecule has 3 aromatic rings. The second-order valence-corrected chi connectivity index (χ2v) is 8.80. The van der Waals surface area contributed by atoms with E-state index >= 15 is 0 Å². The number of hydrogen-bond acceptors (Lipinski definition) is 4. The second-order valence-electron chi connectivity index (χ2n) is 6.75. The maximum absolute atomic E-state index is 13.7. The van der Waals surface area contributed by atoms with E-state index in [1.165, 1.54) is 31.4 Å². The zero-order valence-electron chi connectivity index (χ0n) is 16.8. The fourth-order valence-electron chi connectivity index (χ4n) is 2.75. The number of benzene rings is 3. The van der Waals surface area contributed by atoms with Gasteiger partial charge in [-0.15, -0.1) is 0 Å². The van der Waals surface area contributed by atoms with Crippen molar-refractivity contribution in [2.45, 2.75) is 18.4 Å². The van der Waals surface area contributed by atoms with Gasteiger partial charge in [-0.05, 0) is 66.6 Å². The third-order valence-electron chi connectivity index (χ3n) is 4.51. The molecular weight excluding hydrogens is 443 g/mol. The Bertz CT molecular complexity index is 1210. The summed E-state index contributed by atoms with van der Waals surface area (Å²) in [6.07, 6.45) is 0. The second kappa shape index (κ2) is 9.36. The van der Waals surface area contributed by atoms with Crippen LogP contribution in [0.5, 0.6) is 5.75 Å². The van der Waals surface area contributed by atoms with E-state index in [2.05, 4.69) is 10.0 Å². The monoisotopic (exact) mass is 462 g/mol. The lowest BCUT2D eigenvalue weighted by Gasteiger charge is -2.12. The topological polar surface area (TPSA) is 84.5 Å². The van der Waals surface area contributed by atoms with Gasteiger partial charge in [0.05, 0.1) is 12.1 Å². The Hall–Kier alpha value is -3.10. The Morgan fingerprint density at radius 1 is 1.06 bits per heavy atom. The number of aryl methyl sites for hydroxylation is 1. The summed E-state index contributed by atoms with van der Waals surface area (Å²) in [5, 5.41) is 2.62. The van der Waals surface area contributed by atoms with Crippen LogP contribution in [0.1, 0.15) is 21.5 Å². The first-order chi connectivity index (χ1) is 14.7. The Labute approximate surface area is 185 Å². The van der Waals surface area contributed by atoms with Crippen molar-refractivity contribution < 1.29 is 22.3 Å². The maximum Gasteiger partial charge on any atom is 0.263 e. The summed E-state index contributed by atoms with van der Waals surface area (Å²) in [6, 6.07) is 14.9. The van der Waals surface area contributed by atoms with Crippen LogP contribution in [-0.4, -0.2) is 21.4 Å². The fourth-order valence-corrected chi connectivity index (χ4v) is 4.34. The van der Waals surface area contributed by atoms with Gasteiger partial charge in [-0.2, -0.15) is 0 Å². The van der Waals surface area contributed by atoms with Gasteiger partial charge in [0.1, 0.15) is 16.5 Å². The largest absolute Gasteiger partial charge is 0.497 e. The molecule has 0 aliphatic heterocycles. The number of ether oxygens (including phenoxy) is 1. The molecule has 2 N–H and O–H groups in total. The molecule has 31 heavy (non-hydrogen) atoms. The van der Waals surface area contributed by atoms with Crippen LogP contribution in [0.4, 0.5) is 10.1 Å². The molecule has 0 bridgehead atoms. The van der Waals surface area contributed by atoms with Crippen LogP contribution in [0, 0.1) is 12.7 Å². The normalized spacial score (nSPS) is 11.1. The minimum absolute atomic E-state index is 0.0295. The zero-order valence-corrected chi connectivity index (χ0v) is 18.4. The number of halogens is 2. The van der Waals surface area contributed by atoms with E-state index in [0.29, 0.717) is 22.6 Å². The van der Waals surface area contributed by atoms with Crippen LogP contribution in [0.25, 0.3) is 0 Å². The SMILES string of the molecule is COc1ccc(NS(=O)(=O)c2cc(C(=O)NCc3ccc(C)c(F)c3)ccc2Cl)cc1. The molecule has 3 rings (SSSR count). The van der Waals surface area contributed by atoms with Crippen LogP contribution >= 0.6 is 11.6 Å². The lowest BCUT2D eigenvalue weighted by molar-refractivity contribution is 0.0950. The quantitative estimate of drug-likeness (QED) is 0.540. The molecule has 1 amide bonds. The van der Waals surface area contributed by atoms with Gasteiger partial charge in [0, 0.05) is 17.8 Å². The number of carbonyl (C=O) groups excluding carboxylic acids is 1. The van der Waals surface area contributed by atoms with Gasteiger partial charge in [0.15, 0.2) is 0 Å². The van der Waals surface area contributed by atoms with E-state index in [-0.39, 0.29) is 27.8 Å². The molecule has 0 atom stereocenters. The molecule has 0 unspecified atom stereocenters. The standard InChI is InChI=1S/C22H20ClFN2O4S/c1-14-3-4-15(11-20(14)24)13-25-22(27)16-5-10-19(23)21(12-16)31(28,29)26-17-6-8-18(30-2)9-7-17/h3-12,26H,13H2,1-2H3,(H,25,27). The highest BCUT2D eigenvalue weighted by atomic mass is 35.5. The van der Waals surface area contributed by atoms with Crippen molar-refractivity contribution in [3.63, 3.8) is 0 Å². The lowest BCUT2D eigenvalue weighted by atomic mass is 10.1. The average molecular weight is 463 g/mol. The van der Waals surface area contributed by atoms with Crippen molar-refractivity contribution in [1.82, 2.24) is 5.32 Å². The zero-order chi connectivity index (χ0) is 22.6. The summed E-state index contributed by atoms with van der Waals surface area (Å²) in [4.78, 5) is 12.3. The third kappa shape index (κ3) is 5.53. The minimum Gasteiger partial charge on any atom is -0.497 e. The number of nitrogens with one attached hydrogen (secondary N) is 2. The maximum atomic E-state index is 13.7. The molecule has 0 fully saturated rings. The summed E-state index contributed by atoms with van der Waals surface area (Å²) in [7, 11) is -2.54. The molecule has 0 saturated heterocycles. The summed E-state index contributed by atoms with van der Waals surface area (Å²) in [5.74, 6) is -0.303. The first-order valence-electron chi connectivity index (χ1n) is 9.19. The Balaban J connectivity index is 1.77. The van der Waals surface area contributed by atoms with Gasteiger partial charge >= 0.3 is 0 Å². The average Bonchev–Trinajstić information content (AvgIpc) is 2.74. The summed E-state index contributed by atoms with van der Waals surface area (Å²) in [6.45, 7) is 1.73. The van der Waals surface area contributed by atoms with Crippen molar-refractivity contribution in [1.29, 1.82) is 0 Å². The fraction of sp³-hybridized carbons (Fsp3) is 0.136. The number of sulfonamides is 1. The Morgan fingerprint density at radius 3 is 2.42 bits per heavy atom. The van der Waals surface area contributed by atoms with Crippen molar-refractivity contribution in [3.05, 3.63) is 88.2 Å². The number of methoxy groups -OCH3 is 1. The molecule has 0 radical (unpaired) electrons. The van der Waals surface area contributed by atoms with Crippen LogP contribution in [0.15, 0.2) is 65.6 Å². The highest BCUT2D eigenvalue weighted by molar-refractivity contribution is 7.92. The van der Waals surface area contributed by atoms with Gasteiger partial charge in [-0.3, -0.25) is 9.52 Å². The molecule has 9 heteroatoms. The van der Waals surface area contributed by atoms with Gasteiger partial charge < -0.3 is 10.1 Å². The van der Waals surface area contributed by atoms with Gasteiger partial charge in [0.2, 0.25) is 0 Å². The van der Waals surface area contributed by atoms with E-state index < -0.39 is 15.9 Å². The third-order valence-corrected chi connectivity index (χ3v) is 6.38. The molecule has 0 aromatic heterocycles. The Morgan fingerprint density at radius 2 is 1.77 bits per heavy atom. The molecule has 3 aromatic carbocycles.